The Bertz CT molecular complexity index is 839. The smallest absolute Gasteiger partial charge is 0.335 e. The third kappa shape index (κ3) is 2.33. The van der Waals surface area contributed by atoms with Gasteiger partial charge in [0.2, 0.25) is 0 Å². The Hall–Kier alpha value is -3.16. The number of carboxylic acid groups (broad SMARTS) is 1. The molecule has 1 unspecified atom stereocenters. The van der Waals surface area contributed by atoms with Crippen LogP contribution >= 0.6 is 0 Å². The average Bonchev–Trinajstić information content (AvgIpc) is 2.97. The quantitative estimate of drug-likeness (QED) is 0.833. The van der Waals surface area contributed by atoms with E-state index in [1.165, 1.54) is 11.0 Å². The van der Waals surface area contributed by atoms with Gasteiger partial charge in [0.05, 0.1) is 11.6 Å². The van der Waals surface area contributed by atoms with Crippen LogP contribution in [0.5, 0.6) is 0 Å². The van der Waals surface area contributed by atoms with Crippen LogP contribution < -0.4 is 5.32 Å². The van der Waals surface area contributed by atoms with Crippen molar-refractivity contribution in [3.05, 3.63) is 47.7 Å². The lowest BCUT2D eigenvalue weighted by molar-refractivity contribution is -0.133. The van der Waals surface area contributed by atoms with E-state index in [0.717, 1.165) is 0 Å². The van der Waals surface area contributed by atoms with E-state index in [0.29, 0.717) is 22.3 Å². The monoisotopic (exact) mass is 314 g/mol. The SMILES string of the molecule is C=CCN1C(=O)NC(C)=C(C(=O)O)C1c1cccc2nonc12. The van der Waals surface area contributed by atoms with E-state index in [1.807, 2.05) is 0 Å². The summed E-state index contributed by atoms with van der Waals surface area (Å²) in [6.45, 7) is 5.37. The van der Waals surface area contributed by atoms with Crippen molar-refractivity contribution in [2.75, 3.05) is 6.54 Å². The van der Waals surface area contributed by atoms with Gasteiger partial charge in [0.15, 0.2) is 0 Å². The minimum absolute atomic E-state index is 0.0713. The number of carbonyl (C=O) groups is 2. The van der Waals surface area contributed by atoms with E-state index in [2.05, 4.69) is 22.2 Å². The molecule has 2 amide bonds. The largest absolute Gasteiger partial charge is 0.478 e. The van der Waals surface area contributed by atoms with Crippen molar-refractivity contribution in [2.45, 2.75) is 13.0 Å². The molecule has 0 spiro atoms. The number of rotatable bonds is 4. The van der Waals surface area contributed by atoms with E-state index >= 15 is 0 Å². The van der Waals surface area contributed by atoms with Gasteiger partial charge in [-0.05, 0) is 23.3 Å². The number of allylic oxidation sites excluding steroid dienone is 1. The molecule has 23 heavy (non-hydrogen) atoms. The number of aromatic nitrogens is 2. The number of nitrogens with zero attached hydrogens (tertiary/aromatic N) is 3. The molecule has 1 aromatic carbocycles. The first-order chi connectivity index (χ1) is 11.0. The lowest BCUT2D eigenvalue weighted by Crippen LogP contribution is -2.48. The molecule has 0 saturated heterocycles. The zero-order valence-electron chi connectivity index (χ0n) is 12.3. The molecule has 8 heteroatoms. The van der Waals surface area contributed by atoms with Crippen LogP contribution in [0.4, 0.5) is 4.79 Å². The summed E-state index contributed by atoms with van der Waals surface area (Å²) in [4.78, 5) is 25.4. The van der Waals surface area contributed by atoms with Crippen LogP contribution in [0.3, 0.4) is 0 Å². The fourth-order valence-electron chi connectivity index (χ4n) is 2.75. The highest BCUT2D eigenvalue weighted by atomic mass is 16.6. The van der Waals surface area contributed by atoms with Crippen molar-refractivity contribution < 1.29 is 19.3 Å². The molecule has 1 aliphatic heterocycles. The highest BCUT2D eigenvalue weighted by molar-refractivity contribution is 5.95. The lowest BCUT2D eigenvalue weighted by Gasteiger charge is -2.36. The summed E-state index contributed by atoms with van der Waals surface area (Å²) < 4.78 is 4.74. The van der Waals surface area contributed by atoms with Gasteiger partial charge in [-0.2, -0.15) is 0 Å². The molecule has 0 saturated carbocycles. The standard InChI is InChI=1S/C15H14N4O4/c1-3-7-19-13(11(14(20)21)8(2)16-15(19)22)9-5-4-6-10-12(9)18-23-17-10/h3-6,13H,1,7H2,2H3,(H,16,22)(H,20,21). The van der Waals surface area contributed by atoms with Gasteiger partial charge in [-0.15, -0.1) is 6.58 Å². The van der Waals surface area contributed by atoms with Crippen molar-refractivity contribution in [3.8, 4) is 0 Å². The highest BCUT2D eigenvalue weighted by Crippen LogP contribution is 2.36. The maximum atomic E-state index is 12.3. The topological polar surface area (TPSA) is 109 Å². The van der Waals surface area contributed by atoms with E-state index in [-0.39, 0.29) is 12.1 Å². The maximum absolute atomic E-state index is 12.3. The molecule has 0 fully saturated rings. The molecule has 2 aromatic rings. The molecule has 1 aliphatic rings. The summed E-state index contributed by atoms with van der Waals surface area (Å²) in [7, 11) is 0. The van der Waals surface area contributed by atoms with Gasteiger partial charge < -0.3 is 15.3 Å². The number of aliphatic carboxylic acids is 1. The third-order valence-corrected chi connectivity index (χ3v) is 3.71. The number of hydrogen-bond donors (Lipinski definition) is 2. The number of benzene rings is 1. The number of carbonyl (C=O) groups excluding carboxylic acids is 1. The van der Waals surface area contributed by atoms with E-state index in [1.54, 1.807) is 25.1 Å². The molecule has 8 nitrogen and oxygen atoms in total. The second-order valence-corrected chi connectivity index (χ2v) is 5.10. The maximum Gasteiger partial charge on any atom is 0.335 e. The zero-order chi connectivity index (χ0) is 16.6. The number of fused-ring (bicyclic) bond motifs is 1. The number of hydrogen-bond acceptors (Lipinski definition) is 5. The predicted octanol–water partition coefficient (Wildman–Crippen LogP) is 1.83. The molecule has 0 aliphatic carbocycles. The number of carboxylic acids is 1. The van der Waals surface area contributed by atoms with Crippen molar-refractivity contribution in [3.63, 3.8) is 0 Å². The van der Waals surface area contributed by atoms with Gasteiger partial charge in [0.25, 0.3) is 0 Å². The summed E-state index contributed by atoms with van der Waals surface area (Å²) in [5.41, 5.74) is 1.82. The molecular formula is C15H14N4O4. The minimum atomic E-state index is -1.12. The molecule has 2 N–H and O–H groups in total. The second-order valence-electron chi connectivity index (χ2n) is 5.10. The van der Waals surface area contributed by atoms with Crippen LogP contribution in [0, 0.1) is 0 Å². The van der Waals surface area contributed by atoms with Crippen LogP contribution in [0.25, 0.3) is 11.0 Å². The van der Waals surface area contributed by atoms with E-state index in [4.69, 9.17) is 4.63 Å². The molecule has 1 atom stereocenters. The fraction of sp³-hybridized carbons (Fsp3) is 0.200. The molecule has 1 aromatic heterocycles. The normalized spacial score (nSPS) is 18.2. The van der Waals surface area contributed by atoms with Crippen LogP contribution in [-0.4, -0.2) is 38.9 Å². The molecular weight excluding hydrogens is 300 g/mol. The number of nitrogens with one attached hydrogen (secondary N) is 1. The van der Waals surface area contributed by atoms with Crippen LogP contribution in [0.2, 0.25) is 0 Å². The van der Waals surface area contributed by atoms with Crippen molar-refractivity contribution in [1.29, 1.82) is 0 Å². The first-order valence-electron chi connectivity index (χ1n) is 6.88. The van der Waals surface area contributed by atoms with Gasteiger partial charge in [0.1, 0.15) is 11.0 Å². The Morgan fingerprint density at radius 2 is 2.30 bits per heavy atom. The minimum Gasteiger partial charge on any atom is -0.478 e. The molecule has 118 valence electrons. The van der Waals surface area contributed by atoms with Crippen molar-refractivity contribution in [1.82, 2.24) is 20.5 Å². The Morgan fingerprint density at radius 3 is 3.00 bits per heavy atom. The Kier molecular flexibility index (Phi) is 3.57. The number of urea groups is 1. The lowest BCUT2D eigenvalue weighted by atomic mass is 9.93. The first-order valence-corrected chi connectivity index (χ1v) is 6.88. The Labute approximate surface area is 131 Å². The van der Waals surface area contributed by atoms with Gasteiger partial charge in [0, 0.05) is 17.8 Å². The molecule has 3 rings (SSSR count). The van der Waals surface area contributed by atoms with Crippen molar-refractivity contribution in [2.24, 2.45) is 0 Å². The van der Waals surface area contributed by atoms with Gasteiger partial charge >= 0.3 is 12.0 Å². The summed E-state index contributed by atoms with van der Waals surface area (Å²) in [6, 6.07) is 3.92. The molecule has 2 heterocycles. The van der Waals surface area contributed by atoms with Crippen LogP contribution in [-0.2, 0) is 4.79 Å². The Morgan fingerprint density at radius 1 is 1.52 bits per heavy atom. The molecule has 0 bridgehead atoms. The molecule has 0 radical (unpaired) electrons. The van der Waals surface area contributed by atoms with Crippen LogP contribution in [0.1, 0.15) is 18.5 Å². The third-order valence-electron chi connectivity index (χ3n) is 3.71. The first kappa shape index (κ1) is 14.8. The highest BCUT2D eigenvalue weighted by Gasteiger charge is 2.38. The van der Waals surface area contributed by atoms with Gasteiger partial charge in [-0.25, -0.2) is 14.2 Å². The Balaban J connectivity index is 2.26. The summed E-state index contributed by atoms with van der Waals surface area (Å²) >= 11 is 0. The van der Waals surface area contributed by atoms with E-state index in [9.17, 15) is 14.7 Å². The fourth-order valence-corrected chi connectivity index (χ4v) is 2.75. The van der Waals surface area contributed by atoms with E-state index < -0.39 is 18.0 Å². The second kappa shape index (κ2) is 5.56. The van der Waals surface area contributed by atoms with Gasteiger partial charge in [-0.1, -0.05) is 18.2 Å². The zero-order valence-corrected chi connectivity index (χ0v) is 12.3. The summed E-state index contributed by atoms with van der Waals surface area (Å²) in [5, 5.41) is 19.8. The average molecular weight is 314 g/mol. The summed E-state index contributed by atoms with van der Waals surface area (Å²) in [5.74, 6) is -1.12. The van der Waals surface area contributed by atoms with Crippen LogP contribution in [0.15, 0.2) is 46.8 Å². The number of amides is 2. The van der Waals surface area contributed by atoms with Gasteiger partial charge in [-0.3, -0.25) is 0 Å². The predicted molar refractivity (Wildman–Crippen MR) is 80.3 cm³/mol. The summed E-state index contributed by atoms with van der Waals surface area (Å²) in [6.07, 6.45) is 1.54. The van der Waals surface area contributed by atoms with Crippen molar-refractivity contribution >= 4 is 23.0 Å².